The lowest BCUT2D eigenvalue weighted by Gasteiger charge is -2.10. The number of carbonyl (C=O) groups is 1. The van der Waals surface area contributed by atoms with Crippen LogP contribution in [-0.2, 0) is 16.0 Å². The molecule has 0 unspecified atom stereocenters. The van der Waals surface area contributed by atoms with Gasteiger partial charge in [0, 0.05) is 16.2 Å². The number of para-hydroxylation sites is 1. The molecule has 0 aliphatic heterocycles. The fourth-order valence-electron chi connectivity index (χ4n) is 3.13. The number of halogens is 4. The van der Waals surface area contributed by atoms with Gasteiger partial charge in [-0.05, 0) is 47.9 Å². The number of rotatable bonds is 7. The van der Waals surface area contributed by atoms with Crippen LogP contribution in [0, 0.1) is 12.3 Å². The Hall–Kier alpha value is -2.97. The third-order valence-electron chi connectivity index (χ3n) is 4.82. The second-order valence-corrected chi connectivity index (χ2v) is 8.72. The number of alkyl halides is 3. The van der Waals surface area contributed by atoms with Crippen LogP contribution in [-0.4, -0.2) is 30.7 Å². The van der Waals surface area contributed by atoms with Crippen LogP contribution in [0.4, 0.5) is 18.9 Å². The molecule has 33 heavy (non-hydrogen) atoms. The summed E-state index contributed by atoms with van der Waals surface area (Å²) in [5, 5.41) is 7.78. The number of thiophene rings is 1. The minimum atomic E-state index is -4.74. The summed E-state index contributed by atoms with van der Waals surface area (Å²) in [6.07, 6.45) is -5.26. The highest BCUT2D eigenvalue weighted by Crippen LogP contribution is 2.34. The first kappa shape index (κ1) is 24.7. The summed E-state index contributed by atoms with van der Waals surface area (Å²) in [5.74, 6) is -0.340. The first-order chi connectivity index (χ1) is 15.6. The Kier molecular flexibility index (Phi) is 7.71. The number of aryl methyl sites for hydroxylation is 1. The van der Waals surface area contributed by atoms with Gasteiger partial charge in [-0.3, -0.25) is 9.79 Å². The monoisotopic (exact) mass is 492 g/mol. The van der Waals surface area contributed by atoms with Gasteiger partial charge in [0.25, 0.3) is 0 Å². The molecular formula is C24H20ClF3N2O2S. The van der Waals surface area contributed by atoms with E-state index in [0.717, 1.165) is 21.6 Å². The highest BCUT2D eigenvalue weighted by molar-refractivity contribution is 7.17. The van der Waals surface area contributed by atoms with E-state index in [1.54, 1.807) is 30.3 Å². The molecule has 0 spiro atoms. The molecule has 1 heterocycles. The predicted molar refractivity (Wildman–Crippen MR) is 126 cm³/mol. The van der Waals surface area contributed by atoms with Crippen molar-refractivity contribution in [2.24, 2.45) is 4.99 Å². The SMILES string of the molecule is COC(=O)Cc1ccc(-c2ccc(C(CC(=N)C(F)(F)F)=Nc3ccccc3Cl)s2)c(C)c1. The Balaban J connectivity index is 1.97. The predicted octanol–water partition coefficient (Wildman–Crippen LogP) is 7.19. The van der Waals surface area contributed by atoms with Gasteiger partial charge in [0.1, 0.15) is 5.71 Å². The third kappa shape index (κ3) is 6.30. The number of hydrogen-bond donors (Lipinski definition) is 1. The normalized spacial score (nSPS) is 12.0. The number of aliphatic imine (C=N–C) groups is 1. The summed E-state index contributed by atoms with van der Waals surface area (Å²) in [4.78, 5) is 17.2. The van der Waals surface area contributed by atoms with E-state index in [2.05, 4.69) is 4.99 Å². The summed E-state index contributed by atoms with van der Waals surface area (Å²) in [5.41, 5.74) is 1.68. The van der Waals surface area contributed by atoms with Crippen LogP contribution in [0.15, 0.2) is 59.6 Å². The molecule has 0 bridgehead atoms. The molecule has 172 valence electrons. The quantitative estimate of drug-likeness (QED) is 0.280. The summed E-state index contributed by atoms with van der Waals surface area (Å²) in [6.45, 7) is 1.90. The van der Waals surface area contributed by atoms with Gasteiger partial charge in [0.05, 0.1) is 30.0 Å². The maximum atomic E-state index is 13.1. The smallest absolute Gasteiger partial charge is 0.429 e. The van der Waals surface area contributed by atoms with Crippen molar-refractivity contribution in [3.8, 4) is 10.4 Å². The molecule has 0 fully saturated rings. The van der Waals surface area contributed by atoms with E-state index in [-0.39, 0.29) is 18.1 Å². The molecule has 1 aromatic heterocycles. The van der Waals surface area contributed by atoms with Crippen LogP contribution < -0.4 is 0 Å². The second-order valence-electron chi connectivity index (χ2n) is 7.23. The molecular weight excluding hydrogens is 473 g/mol. The van der Waals surface area contributed by atoms with E-state index in [1.807, 2.05) is 31.2 Å². The fraction of sp³-hybridized carbons (Fsp3) is 0.208. The maximum Gasteiger partial charge on any atom is 0.429 e. The molecule has 1 N–H and O–H groups in total. The van der Waals surface area contributed by atoms with E-state index in [0.29, 0.717) is 15.6 Å². The molecule has 2 aromatic carbocycles. The highest BCUT2D eigenvalue weighted by Gasteiger charge is 2.35. The van der Waals surface area contributed by atoms with Gasteiger partial charge < -0.3 is 10.1 Å². The molecule has 9 heteroatoms. The molecule has 0 aliphatic rings. The number of ether oxygens (including phenoxy) is 1. The van der Waals surface area contributed by atoms with Crippen LogP contribution in [0.2, 0.25) is 5.02 Å². The second kappa shape index (κ2) is 10.3. The summed E-state index contributed by atoms with van der Waals surface area (Å²) in [6, 6.07) is 15.7. The number of nitrogens with one attached hydrogen (secondary N) is 1. The topological polar surface area (TPSA) is 62.5 Å². The molecule has 0 aliphatic carbocycles. The van der Waals surface area contributed by atoms with Crippen LogP contribution in [0.1, 0.15) is 22.4 Å². The van der Waals surface area contributed by atoms with Crippen molar-refractivity contribution in [2.75, 3.05) is 7.11 Å². The van der Waals surface area contributed by atoms with Crippen molar-refractivity contribution < 1.29 is 22.7 Å². The number of hydrogen-bond acceptors (Lipinski definition) is 5. The van der Waals surface area contributed by atoms with Gasteiger partial charge in [-0.2, -0.15) is 13.2 Å². The van der Waals surface area contributed by atoms with Gasteiger partial charge in [-0.25, -0.2) is 0 Å². The maximum absolute atomic E-state index is 13.1. The van der Waals surface area contributed by atoms with Crippen LogP contribution in [0.3, 0.4) is 0 Å². The average Bonchev–Trinajstić information content (AvgIpc) is 3.23. The van der Waals surface area contributed by atoms with Gasteiger partial charge in [0.2, 0.25) is 0 Å². The molecule has 4 nitrogen and oxygen atoms in total. The minimum Gasteiger partial charge on any atom is -0.469 e. The van der Waals surface area contributed by atoms with Crippen molar-refractivity contribution in [3.63, 3.8) is 0 Å². The Morgan fingerprint density at radius 2 is 1.88 bits per heavy atom. The summed E-state index contributed by atoms with van der Waals surface area (Å²) < 4.78 is 43.9. The van der Waals surface area contributed by atoms with E-state index in [9.17, 15) is 18.0 Å². The van der Waals surface area contributed by atoms with Crippen LogP contribution in [0.25, 0.3) is 10.4 Å². The third-order valence-corrected chi connectivity index (χ3v) is 6.30. The lowest BCUT2D eigenvalue weighted by Crippen LogP contribution is -2.24. The zero-order valence-electron chi connectivity index (χ0n) is 17.8. The van der Waals surface area contributed by atoms with Crippen molar-refractivity contribution in [1.82, 2.24) is 0 Å². The average molecular weight is 493 g/mol. The van der Waals surface area contributed by atoms with Gasteiger partial charge in [-0.15, -0.1) is 11.3 Å². The van der Waals surface area contributed by atoms with Crippen molar-refractivity contribution >= 4 is 46.0 Å². The Labute approximate surface area is 198 Å². The lowest BCUT2D eigenvalue weighted by molar-refractivity contribution is -0.139. The molecule has 0 amide bonds. The number of carbonyl (C=O) groups excluding carboxylic acids is 1. The van der Waals surface area contributed by atoms with Gasteiger partial charge in [0.15, 0.2) is 0 Å². The molecule has 0 saturated carbocycles. The lowest BCUT2D eigenvalue weighted by atomic mass is 10.0. The number of benzene rings is 2. The van der Waals surface area contributed by atoms with Crippen molar-refractivity contribution in [3.05, 3.63) is 75.6 Å². The first-order valence-electron chi connectivity index (χ1n) is 9.82. The van der Waals surface area contributed by atoms with Crippen molar-refractivity contribution in [1.29, 1.82) is 5.41 Å². The number of methoxy groups -OCH3 is 1. The van der Waals surface area contributed by atoms with Crippen LogP contribution >= 0.6 is 22.9 Å². The zero-order valence-corrected chi connectivity index (χ0v) is 19.4. The first-order valence-corrected chi connectivity index (χ1v) is 11.0. The van der Waals surface area contributed by atoms with Crippen molar-refractivity contribution in [2.45, 2.75) is 25.9 Å². The number of esters is 1. The molecule has 0 atom stereocenters. The van der Waals surface area contributed by atoms with Gasteiger partial charge >= 0.3 is 12.1 Å². The Morgan fingerprint density at radius 1 is 1.15 bits per heavy atom. The number of nitrogens with zero attached hydrogens (tertiary/aromatic N) is 1. The molecule has 0 radical (unpaired) electrons. The zero-order chi connectivity index (χ0) is 24.2. The molecule has 0 saturated heterocycles. The summed E-state index contributed by atoms with van der Waals surface area (Å²) >= 11 is 7.43. The van der Waals surface area contributed by atoms with Gasteiger partial charge in [-0.1, -0.05) is 41.9 Å². The van der Waals surface area contributed by atoms with E-state index < -0.39 is 18.3 Å². The van der Waals surface area contributed by atoms with E-state index in [1.165, 1.54) is 18.4 Å². The summed E-state index contributed by atoms with van der Waals surface area (Å²) in [7, 11) is 1.33. The Morgan fingerprint density at radius 3 is 2.52 bits per heavy atom. The molecule has 3 aromatic rings. The fourth-order valence-corrected chi connectivity index (χ4v) is 4.39. The van der Waals surface area contributed by atoms with E-state index in [4.69, 9.17) is 21.7 Å². The van der Waals surface area contributed by atoms with Crippen LogP contribution in [0.5, 0.6) is 0 Å². The molecule has 3 rings (SSSR count). The Bertz CT molecular complexity index is 1220. The van der Waals surface area contributed by atoms with E-state index >= 15 is 0 Å². The minimum absolute atomic E-state index is 0.113. The standard InChI is InChI=1S/C24H20ClF3N2O2S/c1-14-11-15(12-23(31)32-2)7-8-16(14)20-9-10-21(33-20)19(13-22(29)24(26,27)28)30-18-6-4-3-5-17(18)25/h3-11,29H,12-13H2,1-2H3. The largest absolute Gasteiger partial charge is 0.469 e. The highest BCUT2D eigenvalue weighted by atomic mass is 35.5.